The Morgan fingerprint density at radius 1 is 1.56 bits per heavy atom. The van der Waals surface area contributed by atoms with Crippen LogP contribution in [0.1, 0.15) is 29.8 Å². The highest BCUT2D eigenvalue weighted by molar-refractivity contribution is 5.92. The Bertz CT molecular complexity index is 402. The minimum absolute atomic E-state index is 0.164. The summed E-state index contributed by atoms with van der Waals surface area (Å²) in [5.74, 6) is -0.773. The normalized spacial score (nSPS) is 21.1. The molecule has 0 aliphatic carbocycles. The third kappa shape index (κ3) is 3.24. The number of imidazole rings is 1. The van der Waals surface area contributed by atoms with Gasteiger partial charge in [0, 0.05) is 19.5 Å². The molecule has 100 valence electrons. The monoisotopic (exact) mass is 261 g/mol. The van der Waals surface area contributed by atoms with Crippen LogP contribution >= 0.6 is 0 Å². The van der Waals surface area contributed by atoms with Crippen molar-refractivity contribution < 1.29 is 18.0 Å². The SMILES string of the molecule is O=C(c1cnc[nH]1)N1CCCC(CC(F)(F)F)C1. The van der Waals surface area contributed by atoms with E-state index in [2.05, 4.69) is 9.97 Å². The summed E-state index contributed by atoms with van der Waals surface area (Å²) >= 11 is 0. The zero-order valence-corrected chi connectivity index (χ0v) is 9.70. The van der Waals surface area contributed by atoms with E-state index in [1.165, 1.54) is 17.4 Å². The van der Waals surface area contributed by atoms with Crippen molar-refractivity contribution in [3.05, 3.63) is 18.2 Å². The van der Waals surface area contributed by atoms with Gasteiger partial charge in [-0.2, -0.15) is 13.2 Å². The van der Waals surface area contributed by atoms with E-state index in [1.54, 1.807) is 0 Å². The average Bonchev–Trinajstić information content (AvgIpc) is 2.79. The Balaban J connectivity index is 1.96. The van der Waals surface area contributed by atoms with E-state index in [9.17, 15) is 18.0 Å². The lowest BCUT2D eigenvalue weighted by atomic mass is 9.94. The molecule has 0 saturated carbocycles. The molecule has 1 aliphatic rings. The molecule has 1 aromatic heterocycles. The molecule has 0 bridgehead atoms. The van der Waals surface area contributed by atoms with E-state index in [-0.39, 0.29) is 12.5 Å². The highest BCUT2D eigenvalue weighted by Crippen LogP contribution is 2.30. The Morgan fingerprint density at radius 2 is 2.33 bits per heavy atom. The largest absolute Gasteiger partial charge is 0.389 e. The number of hydrogen-bond acceptors (Lipinski definition) is 2. The molecule has 1 unspecified atom stereocenters. The van der Waals surface area contributed by atoms with Crippen LogP contribution in [0.2, 0.25) is 0 Å². The third-order valence-electron chi connectivity index (χ3n) is 3.05. The molecule has 1 amide bonds. The van der Waals surface area contributed by atoms with Crippen LogP contribution < -0.4 is 0 Å². The van der Waals surface area contributed by atoms with Gasteiger partial charge in [-0.15, -0.1) is 0 Å². The van der Waals surface area contributed by atoms with Gasteiger partial charge >= 0.3 is 6.18 Å². The molecule has 2 heterocycles. The number of alkyl halides is 3. The molecule has 1 aromatic rings. The van der Waals surface area contributed by atoms with E-state index in [4.69, 9.17) is 0 Å². The second-order valence-corrected chi connectivity index (χ2v) is 4.54. The molecule has 0 radical (unpaired) electrons. The maximum atomic E-state index is 12.3. The molecular weight excluding hydrogens is 247 g/mol. The first kappa shape index (κ1) is 12.9. The standard InChI is InChI=1S/C11H14F3N3O/c12-11(13,14)4-8-2-1-3-17(6-8)10(18)9-5-15-7-16-9/h5,7-8H,1-4,6H2,(H,15,16). The fourth-order valence-electron chi connectivity index (χ4n) is 2.29. The number of amides is 1. The number of hydrogen-bond donors (Lipinski definition) is 1. The number of carbonyl (C=O) groups excluding carboxylic acids is 1. The van der Waals surface area contributed by atoms with Crippen molar-refractivity contribution >= 4 is 5.91 Å². The van der Waals surface area contributed by atoms with Crippen LogP contribution in [0.5, 0.6) is 0 Å². The maximum Gasteiger partial charge on any atom is 0.389 e. The topological polar surface area (TPSA) is 49.0 Å². The Kier molecular flexibility index (Phi) is 3.58. The molecule has 1 saturated heterocycles. The summed E-state index contributed by atoms with van der Waals surface area (Å²) < 4.78 is 37.0. The molecule has 2 rings (SSSR count). The lowest BCUT2D eigenvalue weighted by Crippen LogP contribution is -2.41. The van der Waals surface area contributed by atoms with Crippen LogP contribution in [0, 0.1) is 5.92 Å². The number of H-pyrrole nitrogens is 1. The van der Waals surface area contributed by atoms with Crippen LogP contribution in [0.4, 0.5) is 13.2 Å². The molecule has 1 fully saturated rings. The zero-order chi connectivity index (χ0) is 13.2. The number of halogens is 3. The summed E-state index contributed by atoms with van der Waals surface area (Å²) in [6, 6.07) is 0. The summed E-state index contributed by atoms with van der Waals surface area (Å²) in [4.78, 5) is 19.8. The van der Waals surface area contributed by atoms with Crippen molar-refractivity contribution in [2.75, 3.05) is 13.1 Å². The summed E-state index contributed by atoms with van der Waals surface area (Å²) in [6.45, 7) is 0.670. The van der Waals surface area contributed by atoms with Gasteiger partial charge in [-0.25, -0.2) is 4.98 Å². The van der Waals surface area contributed by atoms with E-state index < -0.39 is 18.5 Å². The first-order valence-electron chi connectivity index (χ1n) is 5.80. The molecular formula is C11H14F3N3O. The summed E-state index contributed by atoms with van der Waals surface area (Å²) in [5, 5.41) is 0. The predicted molar refractivity (Wildman–Crippen MR) is 57.9 cm³/mol. The zero-order valence-electron chi connectivity index (χ0n) is 9.70. The Labute approximate surface area is 102 Å². The van der Waals surface area contributed by atoms with Gasteiger partial charge in [0.2, 0.25) is 0 Å². The summed E-state index contributed by atoms with van der Waals surface area (Å²) in [7, 11) is 0. The second-order valence-electron chi connectivity index (χ2n) is 4.54. The fourth-order valence-corrected chi connectivity index (χ4v) is 2.29. The molecule has 1 N–H and O–H groups in total. The molecule has 0 aromatic carbocycles. The third-order valence-corrected chi connectivity index (χ3v) is 3.05. The van der Waals surface area contributed by atoms with Gasteiger partial charge in [0.15, 0.2) is 0 Å². The number of aromatic amines is 1. The lowest BCUT2D eigenvalue weighted by molar-refractivity contribution is -0.147. The quantitative estimate of drug-likeness (QED) is 0.887. The van der Waals surface area contributed by atoms with Crippen LogP contribution in [0.3, 0.4) is 0 Å². The van der Waals surface area contributed by atoms with Crippen molar-refractivity contribution in [2.45, 2.75) is 25.4 Å². The number of carbonyl (C=O) groups is 1. The number of likely N-dealkylation sites (tertiary alicyclic amines) is 1. The minimum Gasteiger partial charge on any atom is -0.341 e. The predicted octanol–water partition coefficient (Wildman–Crippen LogP) is 2.21. The van der Waals surface area contributed by atoms with E-state index in [0.717, 1.165) is 0 Å². The molecule has 1 aliphatic heterocycles. The number of piperidine rings is 1. The summed E-state index contributed by atoms with van der Waals surface area (Å²) in [5.41, 5.74) is 0.322. The van der Waals surface area contributed by atoms with Crippen molar-refractivity contribution in [3.8, 4) is 0 Å². The number of nitrogens with one attached hydrogen (secondary N) is 1. The molecule has 7 heteroatoms. The first-order valence-corrected chi connectivity index (χ1v) is 5.80. The van der Waals surface area contributed by atoms with Crippen LogP contribution in [-0.4, -0.2) is 40.0 Å². The molecule has 0 spiro atoms. The van der Waals surface area contributed by atoms with Crippen LogP contribution in [0.15, 0.2) is 12.5 Å². The highest BCUT2D eigenvalue weighted by Gasteiger charge is 2.35. The van der Waals surface area contributed by atoms with Crippen LogP contribution in [0.25, 0.3) is 0 Å². The van der Waals surface area contributed by atoms with Gasteiger partial charge in [-0.3, -0.25) is 4.79 Å². The second kappa shape index (κ2) is 4.99. The minimum atomic E-state index is -4.16. The summed E-state index contributed by atoms with van der Waals surface area (Å²) in [6.07, 6.45) is -1.09. The Morgan fingerprint density at radius 3 is 2.94 bits per heavy atom. The maximum absolute atomic E-state index is 12.3. The fraction of sp³-hybridized carbons (Fsp3) is 0.636. The van der Waals surface area contributed by atoms with Crippen molar-refractivity contribution in [2.24, 2.45) is 5.92 Å². The van der Waals surface area contributed by atoms with Gasteiger partial charge in [0.1, 0.15) is 5.69 Å². The van der Waals surface area contributed by atoms with E-state index in [1.807, 2.05) is 0 Å². The lowest BCUT2D eigenvalue weighted by Gasteiger charge is -2.32. The van der Waals surface area contributed by atoms with Crippen molar-refractivity contribution in [1.29, 1.82) is 0 Å². The van der Waals surface area contributed by atoms with Crippen molar-refractivity contribution in [1.82, 2.24) is 14.9 Å². The number of aromatic nitrogens is 2. The number of nitrogens with zero attached hydrogens (tertiary/aromatic N) is 2. The van der Waals surface area contributed by atoms with Crippen LogP contribution in [-0.2, 0) is 0 Å². The molecule has 1 atom stereocenters. The van der Waals surface area contributed by atoms with Gasteiger partial charge in [-0.05, 0) is 18.8 Å². The Hall–Kier alpha value is -1.53. The van der Waals surface area contributed by atoms with E-state index >= 15 is 0 Å². The average molecular weight is 261 g/mol. The first-order chi connectivity index (χ1) is 8.46. The smallest absolute Gasteiger partial charge is 0.341 e. The van der Waals surface area contributed by atoms with Gasteiger partial charge in [-0.1, -0.05) is 0 Å². The van der Waals surface area contributed by atoms with Crippen molar-refractivity contribution in [3.63, 3.8) is 0 Å². The molecule has 18 heavy (non-hydrogen) atoms. The van der Waals surface area contributed by atoms with E-state index in [0.29, 0.717) is 25.1 Å². The number of rotatable bonds is 2. The van der Waals surface area contributed by atoms with Gasteiger partial charge in [0.05, 0.1) is 12.5 Å². The molecule has 4 nitrogen and oxygen atoms in total. The highest BCUT2D eigenvalue weighted by atomic mass is 19.4. The van der Waals surface area contributed by atoms with Gasteiger partial charge < -0.3 is 9.88 Å². The van der Waals surface area contributed by atoms with Gasteiger partial charge in [0.25, 0.3) is 5.91 Å².